The minimum Gasteiger partial charge on any atom is -0.473 e. The zero-order chi connectivity index (χ0) is 26.1. The first-order valence-electron chi connectivity index (χ1n) is 11.5. The molecule has 2 N–H and O–H groups in total. The lowest BCUT2D eigenvalue weighted by Crippen LogP contribution is -2.39. The SMILES string of the molecule is CCOCCOc1nn([C@H]2CC[C@H](N)CC2)cc1N(OC(=O)C(F)(F)F)C(=O)OCc1ccccc1. The summed E-state index contributed by atoms with van der Waals surface area (Å²) in [4.78, 5) is 29.0. The molecule has 0 spiro atoms. The van der Waals surface area contributed by atoms with Crippen LogP contribution in [0, 0.1) is 0 Å². The van der Waals surface area contributed by atoms with Gasteiger partial charge in [-0.05, 0) is 38.2 Å². The molecule has 1 aliphatic carbocycles. The Kier molecular flexibility index (Phi) is 9.53. The highest BCUT2D eigenvalue weighted by Crippen LogP contribution is 2.34. The Labute approximate surface area is 206 Å². The zero-order valence-electron chi connectivity index (χ0n) is 19.8. The van der Waals surface area contributed by atoms with E-state index in [4.69, 9.17) is 19.9 Å². The Morgan fingerprint density at radius 3 is 2.47 bits per heavy atom. The maximum absolute atomic E-state index is 13.0. The van der Waals surface area contributed by atoms with Crippen molar-refractivity contribution < 1.29 is 41.8 Å². The highest BCUT2D eigenvalue weighted by Gasteiger charge is 2.45. The molecular weight excluding hydrogens is 485 g/mol. The third-order valence-electron chi connectivity index (χ3n) is 5.46. The van der Waals surface area contributed by atoms with Crippen molar-refractivity contribution in [2.24, 2.45) is 5.73 Å². The number of anilines is 1. The van der Waals surface area contributed by atoms with Gasteiger partial charge in [0.05, 0.1) is 18.8 Å². The maximum Gasteiger partial charge on any atom is 0.493 e. The molecule has 198 valence electrons. The van der Waals surface area contributed by atoms with E-state index in [-0.39, 0.29) is 48.5 Å². The monoisotopic (exact) mass is 514 g/mol. The van der Waals surface area contributed by atoms with Crippen LogP contribution in [-0.2, 0) is 25.7 Å². The summed E-state index contributed by atoms with van der Waals surface area (Å²) in [5.74, 6) is -2.81. The normalized spacial score (nSPS) is 17.9. The van der Waals surface area contributed by atoms with Crippen LogP contribution in [0.25, 0.3) is 0 Å². The van der Waals surface area contributed by atoms with Gasteiger partial charge in [-0.2, -0.15) is 13.2 Å². The summed E-state index contributed by atoms with van der Waals surface area (Å²) in [6, 6.07) is 8.40. The number of alkyl halides is 3. The number of halogens is 3. The van der Waals surface area contributed by atoms with Gasteiger partial charge in [-0.25, -0.2) is 9.59 Å². The van der Waals surface area contributed by atoms with Crippen LogP contribution in [0.2, 0.25) is 0 Å². The van der Waals surface area contributed by atoms with E-state index in [1.807, 2.05) is 0 Å². The van der Waals surface area contributed by atoms with Crippen LogP contribution in [0.3, 0.4) is 0 Å². The summed E-state index contributed by atoms with van der Waals surface area (Å²) in [7, 11) is 0. The smallest absolute Gasteiger partial charge is 0.473 e. The second-order valence-corrected chi connectivity index (χ2v) is 8.12. The van der Waals surface area contributed by atoms with Gasteiger partial charge in [0.2, 0.25) is 0 Å². The number of benzene rings is 1. The summed E-state index contributed by atoms with van der Waals surface area (Å²) in [5.41, 5.74) is 6.24. The molecule has 1 heterocycles. The number of ether oxygens (including phenoxy) is 3. The molecule has 0 saturated heterocycles. The Morgan fingerprint density at radius 1 is 1.14 bits per heavy atom. The fraction of sp³-hybridized carbons (Fsp3) is 0.522. The molecule has 36 heavy (non-hydrogen) atoms. The highest BCUT2D eigenvalue weighted by atomic mass is 19.4. The molecule has 1 fully saturated rings. The van der Waals surface area contributed by atoms with Crippen molar-refractivity contribution in [1.82, 2.24) is 9.78 Å². The van der Waals surface area contributed by atoms with Crippen molar-refractivity contribution in [1.29, 1.82) is 0 Å². The minimum atomic E-state index is -5.36. The average Bonchev–Trinajstić information content (AvgIpc) is 3.27. The Morgan fingerprint density at radius 2 is 1.83 bits per heavy atom. The van der Waals surface area contributed by atoms with E-state index in [2.05, 4.69) is 9.94 Å². The van der Waals surface area contributed by atoms with Crippen molar-refractivity contribution in [3.8, 4) is 5.88 Å². The van der Waals surface area contributed by atoms with Crippen LogP contribution in [-0.4, -0.2) is 53.9 Å². The third-order valence-corrected chi connectivity index (χ3v) is 5.46. The molecule has 13 heteroatoms. The lowest BCUT2D eigenvalue weighted by atomic mass is 9.92. The number of carbonyl (C=O) groups is 2. The van der Waals surface area contributed by atoms with Gasteiger partial charge >= 0.3 is 18.2 Å². The third kappa shape index (κ3) is 7.59. The number of hydrogen-bond acceptors (Lipinski definition) is 8. The summed E-state index contributed by atoms with van der Waals surface area (Å²) in [6.45, 7) is 2.10. The number of nitrogens with zero attached hydrogens (tertiary/aromatic N) is 3. The van der Waals surface area contributed by atoms with Gasteiger partial charge < -0.3 is 24.8 Å². The van der Waals surface area contributed by atoms with Gasteiger partial charge in [0.15, 0.2) is 5.69 Å². The van der Waals surface area contributed by atoms with Crippen molar-refractivity contribution in [3.05, 3.63) is 42.1 Å². The first-order chi connectivity index (χ1) is 17.2. The van der Waals surface area contributed by atoms with Gasteiger partial charge in [-0.3, -0.25) is 4.68 Å². The van der Waals surface area contributed by atoms with Gasteiger partial charge in [-0.1, -0.05) is 35.4 Å². The lowest BCUT2D eigenvalue weighted by molar-refractivity contribution is -0.200. The zero-order valence-corrected chi connectivity index (χ0v) is 19.8. The fourth-order valence-corrected chi connectivity index (χ4v) is 3.60. The first kappa shape index (κ1) is 27.3. The van der Waals surface area contributed by atoms with E-state index in [0.717, 1.165) is 12.8 Å². The topological polar surface area (TPSA) is 118 Å². The summed E-state index contributed by atoms with van der Waals surface area (Å²) >= 11 is 0. The van der Waals surface area contributed by atoms with Gasteiger partial charge in [-0.15, -0.1) is 5.10 Å². The highest BCUT2D eigenvalue weighted by molar-refractivity contribution is 5.90. The predicted molar refractivity (Wildman–Crippen MR) is 121 cm³/mol. The van der Waals surface area contributed by atoms with E-state index in [1.54, 1.807) is 37.3 Å². The van der Waals surface area contributed by atoms with Crippen LogP contribution >= 0.6 is 0 Å². The summed E-state index contributed by atoms with van der Waals surface area (Å²) < 4.78 is 56.5. The van der Waals surface area contributed by atoms with Crippen LogP contribution in [0.15, 0.2) is 36.5 Å². The minimum absolute atomic E-state index is 0.00643. The number of amides is 1. The van der Waals surface area contributed by atoms with Crippen molar-refractivity contribution >= 4 is 17.7 Å². The number of rotatable bonds is 9. The van der Waals surface area contributed by atoms with E-state index in [9.17, 15) is 22.8 Å². The summed E-state index contributed by atoms with van der Waals surface area (Å²) in [5, 5.41) is 4.44. The van der Waals surface area contributed by atoms with Gasteiger partial charge in [0.1, 0.15) is 13.2 Å². The van der Waals surface area contributed by atoms with Crippen molar-refractivity contribution in [2.45, 2.75) is 57.5 Å². The molecule has 1 aliphatic rings. The standard InChI is InChI=1S/C23H29F3N4O6/c1-2-33-12-13-34-20-19(14-29(28-20)18-10-8-17(27)9-11-18)30(36-21(31)23(24,25)26)22(32)35-15-16-6-4-3-5-7-16/h3-7,14,17-18H,2,8-13,15,27H2,1H3/t17-,18-. The number of hydrogen-bond donors (Lipinski definition) is 1. The van der Waals surface area contributed by atoms with Crippen LogP contribution in [0.4, 0.5) is 23.7 Å². The molecule has 0 unspecified atom stereocenters. The van der Waals surface area contributed by atoms with E-state index < -0.39 is 18.2 Å². The molecule has 0 aliphatic heterocycles. The molecule has 0 radical (unpaired) electrons. The Hall–Kier alpha value is -3.32. The lowest BCUT2D eigenvalue weighted by Gasteiger charge is -2.26. The molecular formula is C23H29F3N4O6. The molecule has 1 aromatic heterocycles. The number of hydroxylamine groups is 1. The van der Waals surface area contributed by atoms with E-state index in [0.29, 0.717) is 25.0 Å². The van der Waals surface area contributed by atoms with Crippen LogP contribution < -0.4 is 15.5 Å². The van der Waals surface area contributed by atoms with Gasteiger partial charge in [0, 0.05) is 12.6 Å². The first-order valence-corrected chi connectivity index (χ1v) is 11.5. The molecule has 1 amide bonds. The van der Waals surface area contributed by atoms with E-state index >= 15 is 0 Å². The molecule has 0 atom stereocenters. The fourth-order valence-electron chi connectivity index (χ4n) is 3.60. The molecule has 2 aromatic rings. The maximum atomic E-state index is 13.0. The number of nitrogens with two attached hydrogens (primary N) is 1. The summed E-state index contributed by atoms with van der Waals surface area (Å²) in [6.07, 6.45) is -2.62. The molecule has 1 aromatic carbocycles. The number of aromatic nitrogens is 2. The molecule has 3 rings (SSSR count). The van der Waals surface area contributed by atoms with Crippen molar-refractivity contribution in [2.75, 3.05) is 24.9 Å². The van der Waals surface area contributed by atoms with Crippen LogP contribution in [0.1, 0.15) is 44.2 Å². The largest absolute Gasteiger partial charge is 0.493 e. The van der Waals surface area contributed by atoms with Crippen LogP contribution in [0.5, 0.6) is 5.88 Å². The Balaban J connectivity index is 1.89. The second kappa shape index (κ2) is 12.6. The number of carbonyl (C=O) groups excluding carboxylic acids is 2. The average molecular weight is 515 g/mol. The molecule has 1 saturated carbocycles. The molecule has 10 nitrogen and oxygen atoms in total. The van der Waals surface area contributed by atoms with Crippen molar-refractivity contribution in [3.63, 3.8) is 0 Å². The second-order valence-electron chi connectivity index (χ2n) is 8.12. The molecule has 0 bridgehead atoms. The quantitative estimate of drug-likeness (QED) is 0.395. The Bertz CT molecular complexity index is 993. The van der Waals surface area contributed by atoms with Gasteiger partial charge in [0.25, 0.3) is 5.88 Å². The van der Waals surface area contributed by atoms with E-state index in [1.165, 1.54) is 10.9 Å². The predicted octanol–water partition coefficient (Wildman–Crippen LogP) is 3.90.